The molecule has 0 amide bonds. The Kier molecular flexibility index (Phi) is 8.61. The van der Waals surface area contributed by atoms with Gasteiger partial charge in [0, 0.05) is 31.7 Å². The van der Waals surface area contributed by atoms with Gasteiger partial charge < -0.3 is 14.6 Å². The lowest BCUT2D eigenvalue weighted by molar-refractivity contribution is 0.109. The van der Waals surface area contributed by atoms with E-state index < -0.39 is 0 Å². The van der Waals surface area contributed by atoms with Crippen molar-refractivity contribution >= 4 is 11.6 Å². The third-order valence-electron chi connectivity index (χ3n) is 7.09. The van der Waals surface area contributed by atoms with Gasteiger partial charge in [0.2, 0.25) is 11.8 Å². The number of aromatic nitrogens is 4. The van der Waals surface area contributed by atoms with E-state index in [0.717, 1.165) is 28.0 Å². The smallest absolute Gasteiger partial charge is 0.240 e. The first-order valence-corrected chi connectivity index (χ1v) is 13.5. The first-order valence-electron chi connectivity index (χ1n) is 13.5. The summed E-state index contributed by atoms with van der Waals surface area (Å²) in [5.41, 5.74) is 5.87. The zero-order chi connectivity index (χ0) is 28.4. The maximum atomic E-state index is 15.5. The molecule has 210 valence electrons. The van der Waals surface area contributed by atoms with Crippen LogP contribution in [0.2, 0.25) is 0 Å². The molecule has 2 aromatic heterocycles. The summed E-state index contributed by atoms with van der Waals surface area (Å²) in [4.78, 5) is 2.30. The summed E-state index contributed by atoms with van der Waals surface area (Å²) in [6.07, 6.45) is 3.66. The number of fused-ring (bicyclic) bond motifs is 5. The van der Waals surface area contributed by atoms with Gasteiger partial charge in [0.1, 0.15) is 11.9 Å². The zero-order valence-corrected chi connectivity index (χ0v) is 24.1. The standard InChI is InChI=1S/C30H40FN5O3/c1-9-38-29-23-11-10-19(4)24-15-25(26(31)14-20(24)5)28-22(7)32-34(8)30(28)39-21(6)16-35(18(2)3)17-27(23)36(33-29)12-13-37/h10-11,14-15,18,21,37H,4,9,12-13,16-17H2,1-3,5-8H3/b11-10+/t21-/m0/s1. The number of rotatable bonds is 5. The maximum absolute atomic E-state index is 15.5. The fourth-order valence-electron chi connectivity index (χ4n) is 5.12. The first kappa shape index (κ1) is 28.6. The molecule has 0 radical (unpaired) electrons. The number of hydrogen-bond donors (Lipinski definition) is 1. The molecule has 9 heteroatoms. The second-order valence-corrected chi connectivity index (χ2v) is 10.4. The van der Waals surface area contributed by atoms with Gasteiger partial charge in [-0.1, -0.05) is 12.7 Å². The topological polar surface area (TPSA) is 77.6 Å². The van der Waals surface area contributed by atoms with E-state index in [1.807, 2.05) is 57.6 Å². The molecule has 0 saturated heterocycles. The van der Waals surface area contributed by atoms with Crippen LogP contribution in [0.25, 0.3) is 22.8 Å². The molecule has 0 saturated carbocycles. The third-order valence-corrected chi connectivity index (χ3v) is 7.09. The van der Waals surface area contributed by atoms with Crippen molar-refractivity contribution in [3.63, 3.8) is 0 Å². The minimum Gasteiger partial charge on any atom is -0.476 e. The third kappa shape index (κ3) is 5.79. The number of aliphatic hydroxyl groups is 1. The molecule has 1 N–H and O–H groups in total. The summed E-state index contributed by atoms with van der Waals surface area (Å²) in [5, 5.41) is 19.0. The Balaban J connectivity index is 1.95. The van der Waals surface area contributed by atoms with Crippen molar-refractivity contribution in [3.8, 4) is 22.9 Å². The molecule has 1 atom stereocenters. The predicted octanol–water partition coefficient (Wildman–Crippen LogP) is 5.15. The van der Waals surface area contributed by atoms with E-state index >= 15 is 4.39 Å². The highest BCUT2D eigenvalue weighted by Gasteiger charge is 2.26. The van der Waals surface area contributed by atoms with Crippen LogP contribution < -0.4 is 9.47 Å². The van der Waals surface area contributed by atoms with Crippen LogP contribution in [0.4, 0.5) is 4.39 Å². The van der Waals surface area contributed by atoms with E-state index in [-0.39, 0.29) is 24.6 Å². The lowest BCUT2D eigenvalue weighted by atomic mass is 9.94. The fourth-order valence-corrected chi connectivity index (χ4v) is 5.12. The highest BCUT2D eigenvalue weighted by Crippen LogP contribution is 2.38. The number of nitrogens with zero attached hydrogens (tertiary/aromatic N) is 5. The number of hydrogen-bond acceptors (Lipinski definition) is 6. The van der Waals surface area contributed by atoms with Crippen LogP contribution in [0.3, 0.4) is 0 Å². The van der Waals surface area contributed by atoms with Crippen molar-refractivity contribution in [2.45, 2.75) is 66.8 Å². The average molecular weight is 538 g/mol. The second kappa shape index (κ2) is 11.8. The molecule has 1 aliphatic rings. The number of halogens is 1. The monoisotopic (exact) mass is 537 g/mol. The molecule has 3 aromatic rings. The summed E-state index contributed by atoms with van der Waals surface area (Å²) < 4.78 is 31.4. The van der Waals surface area contributed by atoms with Crippen LogP contribution in [-0.2, 0) is 20.1 Å². The minimum absolute atomic E-state index is 0.0442. The van der Waals surface area contributed by atoms with Crippen molar-refractivity contribution in [1.82, 2.24) is 24.5 Å². The van der Waals surface area contributed by atoms with Crippen molar-refractivity contribution in [1.29, 1.82) is 0 Å². The van der Waals surface area contributed by atoms with E-state index in [9.17, 15) is 5.11 Å². The summed E-state index contributed by atoms with van der Waals surface area (Å²) in [6.45, 7) is 18.2. The second-order valence-electron chi connectivity index (χ2n) is 10.4. The van der Waals surface area contributed by atoms with Crippen LogP contribution in [0, 0.1) is 19.7 Å². The van der Waals surface area contributed by atoms with Gasteiger partial charge in [0.25, 0.3) is 0 Å². The van der Waals surface area contributed by atoms with Gasteiger partial charge in [-0.15, -0.1) is 5.10 Å². The Morgan fingerprint density at radius 3 is 2.62 bits per heavy atom. The van der Waals surface area contributed by atoms with Crippen LogP contribution in [0.15, 0.2) is 24.8 Å². The predicted molar refractivity (Wildman–Crippen MR) is 152 cm³/mol. The van der Waals surface area contributed by atoms with Crippen molar-refractivity contribution in [2.24, 2.45) is 7.05 Å². The number of benzene rings is 1. The highest BCUT2D eigenvalue weighted by atomic mass is 19.1. The molecule has 2 bridgehead atoms. The lowest BCUT2D eigenvalue weighted by Gasteiger charge is -2.30. The van der Waals surface area contributed by atoms with Crippen LogP contribution in [0.5, 0.6) is 11.8 Å². The SMILES string of the molecule is C=C1/C=C/c2c(OCC)nn(CCO)c2CN(C(C)C)C[C@H](C)Oc2c(c(C)nn2C)-c2cc1c(C)cc2F. The quantitative estimate of drug-likeness (QED) is 0.485. The van der Waals surface area contributed by atoms with Gasteiger partial charge in [0.15, 0.2) is 0 Å². The zero-order valence-electron chi connectivity index (χ0n) is 24.1. The largest absolute Gasteiger partial charge is 0.476 e. The molecule has 39 heavy (non-hydrogen) atoms. The molecule has 1 aliphatic heterocycles. The summed E-state index contributed by atoms with van der Waals surface area (Å²) in [7, 11) is 1.82. The Morgan fingerprint density at radius 2 is 1.95 bits per heavy atom. The Morgan fingerprint density at radius 1 is 1.21 bits per heavy atom. The summed E-state index contributed by atoms with van der Waals surface area (Å²) in [6, 6.07) is 3.56. The minimum atomic E-state index is -0.332. The Hall–Kier alpha value is -3.43. The lowest BCUT2D eigenvalue weighted by Crippen LogP contribution is -2.39. The van der Waals surface area contributed by atoms with Crippen molar-refractivity contribution in [3.05, 3.63) is 58.7 Å². The van der Waals surface area contributed by atoms with Crippen LogP contribution in [-0.4, -0.2) is 61.5 Å². The van der Waals surface area contributed by atoms with E-state index in [0.29, 0.717) is 54.8 Å². The Bertz CT molecular complexity index is 1390. The number of allylic oxidation sites excluding steroid dienone is 2. The van der Waals surface area contributed by atoms with E-state index in [1.165, 1.54) is 6.07 Å². The molecule has 0 spiro atoms. The molecule has 4 rings (SSSR count). The normalized spacial score (nSPS) is 17.3. The molecular formula is C30H40FN5O3. The van der Waals surface area contributed by atoms with Gasteiger partial charge in [0.05, 0.1) is 42.3 Å². The number of ether oxygens (including phenoxy) is 2. The molecular weight excluding hydrogens is 497 g/mol. The van der Waals surface area contributed by atoms with Gasteiger partial charge >= 0.3 is 0 Å². The van der Waals surface area contributed by atoms with Crippen LogP contribution in [0.1, 0.15) is 55.8 Å². The van der Waals surface area contributed by atoms with Gasteiger partial charge in [-0.05, 0) is 76.5 Å². The molecule has 1 aromatic carbocycles. The molecule has 0 unspecified atom stereocenters. The van der Waals surface area contributed by atoms with E-state index in [1.54, 1.807) is 4.68 Å². The van der Waals surface area contributed by atoms with Crippen molar-refractivity contribution < 1.29 is 19.0 Å². The first-order chi connectivity index (χ1) is 18.5. The van der Waals surface area contributed by atoms with Crippen molar-refractivity contribution in [2.75, 3.05) is 19.8 Å². The summed E-state index contributed by atoms with van der Waals surface area (Å²) in [5.74, 6) is 0.701. The molecule has 3 heterocycles. The van der Waals surface area contributed by atoms with E-state index in [4.69, 9.17) is 9.47 Å². The average Bonchev–Trinajstić information content (AvgIpc) is 3.32. The maximum Gasteiger partial charge on any atom is 0.240 e. The molecule has 0 aliphatic carbocycles. The van der Waals surface area contributed by atoms with Gasteiger partial charge in [-0.3, -0.25) is 9.58 Å². The van der Waals surface area contributed by atoms with Crippen LogP contribution >= 0.6 is 0 Å². The molecule has 0 fully saturated rings. The van der Waals surface area contributed by atoms with Gasteiger partial charge in [-0.2, -0.15) is 5.10 Å². The summed E-state index contributed by atoms with van der Waals surface area (Å²) >= 11 is 0. The van der Waals surface area contributed by atoms with Gasteiger partial charge in [-0.25, -0.2) is 9.07 Å². The molecule has 8 nitrogen and oxygen atoms in total. The Labute approximate surface area is 230 Å². The number of aryl methyl sites for hydroxylation is 3. The number of aliphatic hydroxyl groups excluding tert-OH is 1. The highest BCUT2D eigenvalue weighted by molar-refractivity contribution is 5.83. The van der Waals surface area contributed by atoms with E-state index in [2.05, 4.69) is 35.5 Å². The fraction of sp³-hybridized carbons (Fsp3) is 0.467.